The molecule has 2 aliphatic rings. The molecule has 0 aromatic carbocycles. The van der Waals surface area contributed by atoms with Crippen molar-refractivity contribution in [3.8, 4) is 0 Å². The molecule has 0 spiro atoms. The summed E-state index contributed by atoms with van der Waals surface area (Å²) in [4.78, 5) is 0. The average molecular weight is 151 g/mol. The van der Waals surface area contributed by atoms with Gasteiger partial charge in [0, 0.05) is 0 Å². The molecule has 11 heavy (non-hydrogen) atoms. The van der Waals surface area contributed by atoms with Crippen LogP contribution in [0.5, 0.6) is 0 Å². The molecule has 0 aromatic heterocycles. The Bertz CT molecular complexity index is 164. The molecule has 0 radical (unpaired) electrons. The Morgan fingerprint density at radius 3 is 2.73 bits per heavy atom. The molecule has 2 fully saturated rings. The summed E-state index contributed by atoms with van der Waals surface area (Å²) in [6.07, 6.45) is 7.22. The lowest BCUT2D eigenvalue weighted by molar-refractivity contribution is 0.166. The lowest BCUT2D eigenvalue weighted by Gasteiger charge is -2.33. The van der Waals surface area contributed by atoms with Crippen LogP contribution in [0.3, 0.4) is 0 Å². The molecule has 2 unspecified atom stereocenters. The number of rotatable bonds is 2. The van der Waals surface area contributed by atoms with Crippen LogP contribution in [0.4, 0.5) is 0 Å². The van der Waals surface area contributed by atoms with Gasteiger partial charge in [-0.25, -0.2) is 0 Å². The van der Waals surface area contributed by atoms with Gasteiger partial charge in [-0.05, 0) is 49.1 Å². The van der Waals surface area contributed by atoms with Crippen molar-refractivity contribution in [2.24, 2.45) is 23.7 Å². The monoisotopic (exact) mass is 151 g/mol. The van der Waals surface area contributed by atoms with E-state index in [1.165, 1.54) is 25.7 Å². The molecular formula is C10H17N. The molecular weight excluding hydrogens is 134 g/mol. The molecule has 2 rings (SSSR count). The number of hydrogen-bond donors (Lipinski definition) is 1. The van der Waals surface area contributed by atoms with E-state index >= 15 is 0 Å². The maximum atomic E-state index is 7.32. The minimum atomic E-state index is 0.637. The van der Waals surface area contributed by atoms with Crippen molar-refractivity contribution in [3.05, 3.63) is 0 Å². The fraction of sp³-hybridized carbons (Fsp3) is 0.900. The number of nitrogens with one attached hydrogen (secondary N) is 1. The molecule has 0 amide bonds. The molecule has 4 atom stereocenters. The summed E-state index contributed by atoms with van der Waals surface area (Å²) in [6, 6.07) is 0. The average Bonchev–Trinajstić information content (AvgIpc) is 2.23. The summed E-state index contributed by atoms with van der Waals surface area (Å²) < 4.78 is 0. The van der Waals surface area contributed by atoms with E-state index in [-0.39, 0.29) is 0 Å². The molecule has 1 nitrogen and oxygen atoms in total. The largest absolute Gasteiger partial charge is 0.313 e. The zero-order valence-corrected chi connectivity index (χ0v) is 7.22. The van der Waals surface area contributed by atoms with E-state index in [2.05, 4.69) is 6.92 Å². The van der Waals surface area contributed by atoms with E-state index in [1.54, 1.807) is 6.21 Å². The van der Waals surface area contributed by atoms with Gasteiger partial charge in [0.2, 0.25) is 0 Å². The third kappa shape index (κ3) is 0.935. The summed E-state index contributed by atoms with van der Waals surface area (Å²) >= 11 is 0. The molecule has 0 saturated heterocycles. The highest BCUT2D eigenvalue weighted by Crippen LogP contribution is 2.53. The van der Waals surface area contributed by atoms with E-state index in [0.29, 0.717) is 5.92 Å². The second-order valence-corrected chi connectivity index (χ2v) is 4.14. The third-order valence-electron chi connectivity index (χ3n) is 3.84. The highest BCUT2D eigenvalue weighted by atomic mass is 14.5. The highest BCUT2D eigenvalue weighted by molar-refractivity contribution is 5.58. The molecule has 2 aliphatic carbocycles. The maximum Gasteiger partial charge on any atom is -0.00138 e. The lowest BCUT2D eigenvalue weighted by atomic mass is 9.72. The molecule has 0 bridgehead atoms. The molecule has 0 heterocycles. The maximum absolute atomic E-state index is 7.32. The van der Waals surface area contributed by atoms with E-state index < -0.39 is 0 Å². The third-order valence-corrected chi connectivity index (χ3v) is 3.84. The Balaban J connectivity index is 2.07. The first-order valence-electron chi connectivity index (χ1n) is 4.87. The van der Waals surface area contributed by atoms with Gasteiger partial charge in [0.15, 0.2) is 0 Å². The fourth-order valence-corrected chi connectivity index (χ4v) is 3.09. The standard InChI is InChI=1S/C10H17N/c1-2-9-8(6-11)5-7-3-4-10(7)9/h6-11H,2-5H2,1H3/t7-,8?,9+,10?/m1/s1. The van der Waals surface area contributed by atoms with Crippen LogP contribution in [0, 0.1) is 29.1 Å². The second kappa shape index (κ2) is 2.62. The Morgan fingerprint density at radius 1 is 1.45 bits per heavy atom. The van der Waals surface area contributed by atoms with Crippen LogP contribution in [0.2, 0.25) is 0 Å². The zero-order valence-electron chi connectivity index (χ0n) is 7.22. The SMILES string of the molecule is CC[C@H]1C(C=N)C[C@H]2CCC21. The smallest absolute Gasteiger partial charge is 0.00138 e. The summed E-state index contributed by atoms with van der Waals surface area (Å²) in [5.41, 5.74) is 0. The Hall–Kier alpha value is -0.330. The van der Waals surface area contributed by atoms with Crippen LogP contribution >= 0.6 is 0 Å². The van der Waals surface area contributed by atoms with Gasteiger partial charge in [0.1, 0.15) is 0 Å². The molecule has 2 saturated carbocycles. The quantitative estimate of drug-likeness (QED) is 0.587. The van der Waals surface area contributed by atoms with E-state index in [4.69, 9.17) is 5.41 Å². The van der Waals surface area contributed by atoms with Crippen molar-refractivity contribution in [3.63, 3.8) is 0 Å². The Kier molecular flexibility index (Phi) is 1.74. The zero-order chi connectivity index (χ0) is 7.84. The van der Waals surface area contributed by atoms with Gasteiger partial charge in [-0.3, -0.25) is 0 Å². The van der Waals surface area contributed by atoms with Gasteiger partial charge in [0.05, 0.1) is 0 Å². The minimum absolute atomic E-state index is 0.637. The number of fused-ring (bicyclic) bond motifs is 1. The van der Waals surface area contributed by atoms with Crippen molar-refractivity contribution >= 4 is 6.21 Å². The van der Waals surface area contributed by atoms with Gasteiger partial charge in [0.25, 0.3) is 0 Å². The fourth-order valence-electron chi connectivity index (χ4n) is 3.09. The van der Waals surface area contributed by atoms with Gasteiger partial charge in [-0.1, -0.05) is 13.3 Å². The molecule has 0 aromatic rings. The topological polar surface area (TPSA) is 23.9 Å². The first-order chi connectivity index (χ1) is 5.36. The van der Waals surface area contributed by atoms with Crippen molar-refractivity contribution in [2.45, 2.75) is 32.6 Å². The summed E-state index contributed by atoms with van der Waals surface area (Å²) in [6.45, 7) is 2.28. The van der Waals surface area contributed by atoms with Crippen molar-refractivity contribution in [1.82, 2.24) is 0 Å². The molecule has 62 valence electrons. The van der Waals surface area contributed by atoms with E-state index in [0.717, 1.165) is 17.8 Å². The Morgan fingerprint density at radius 2 is 2.27 bits per heavy atom. The van der Waals surface area contributed by atoms with Gasteiger partial charge in [-0.2, -0.15) is 0 Å². The van der Waals surface area contributed by atoms with Crippen LogP contribution in [-0.2, 0) is 0 Å². The highest BCUT2D eigenvalue weighted by Gasteiger charge is 2.45. The predicted molar refractivity (Wildman–Crippen MR) is 46.9 cm³/mol. The van der Waals surface area contributed by atoms with Crippen LogP contribution in [0.25, 0.3) is 0 Å². The van der Waals surface area contributed by atoms with Crippen LogP contribution in [0.15, 0.2) is 0 Å². The van der Waals surface area contributed by atoms with Crippen LogP contribution < -0.4 is 0 Å². The van der Waals surface area contributed by atoms with Crippen LogP contribution in [-0.4, -0.2) is 6.21 Å². The molecule has 1 N–H and O–H groups in total. The second-order valence-electron chi connectivity index (χ2n) is 4.14. The lowest BCUT2D eigenvalue weighted by Crippen LogP contribution is -2.25. The number of hydrogen-bond acceptors (Lipinski definition) is 1. The normalized spacial score (nSPS) is 48.1. The summed E-state index contributed by atoms with van der Waals surface area (Å²) in [7, 11) is 0. The molecule has 0 aliphatic heterocycles. The molecule has 1 heteroatoms. The first-order valence-corrected chi connectivity index (χ1v) is 4.87. The van der Waals surface area contributed by atoms with Gasteiger partial charge >= 0.3 is 0 Å². The van der Waals surface area contributed by atoms with Gasteiger partial charge in [-0.15, -0.1) is 0 Å². The van der Waals surface area contributed by atoms with Crippen LogP contribution in [0.1, 0.15) is 32.6 Å². The van der Waals surface area contributed by atoms with Gasteiger partial charge < -0.3 is 5.41 Å². The summed E-state index contributed by atoms with van der Waals surface area (Å²) in [5.74, 6) is 3.52. The van der Waals surface area contributed by atoms with Crippen molar-refractivity contribution in [1.29, 1.82) is 5.41 Å². The van der Waals surface area contributed by atoms with E-state index in [9.17, 15) is 0 Å². The minimum Gasteiger partial charge on any atom is -0.313 e. The predicted octanol–water partition coefficient (Wildman–Crippen LogP) is 2.71. The summed E-state index contributed by atoms with van der Waals surface area (Å²) in [5, 5.41) is 7.32. The van der Waals surface area contributed by atoms with E-state index in [1.807, 2.05) is 0 Å². The Labute approximate surface area is 68.7 Å². The first kappa shape index (κ1) is 7.33. The van der Waals surface area contributed by atoms with Crippen molar-refractivity contribution < 1.29 is 0 Å². The van der Waals surface area contributed by atoms with Crippen molar-refractivity contribution in [2.75, 3.05) is 0 Å².